The summed E-state index contributed by atoms with van der Waals surface area (Å²) in [4.78, 5) is 30.2. The third-order valence-corrected chi connectivity index (χ3v) is 5.96. The Hall–Kier alpha value is -4.07. The van der Waals surface area contributed by atoms with Crippen molar-refractivity contribution in [2.45, 2.75) is 32.7 Å². The zero-order chi connectivity index (χ0) is 25.8. The van der Waals surface area contributed by atoms with Crippen molar-refractivity contribution in [3.05, 3.63) is 58.8 Å². The molecule has 8 heteroatoms. The van der Waals surface area contributed by atoms with Crippen LogP contribution < -0.4 is 19.5 Å². The molecule has 0 radical (unpaired) electrons. The predicted molar refractivity (Wildman–Crippen MR) is 138 cm³/mol. The summed E-state index contributed by atoms with van der Waals surface area (Å²) in [5.74, 6) is 0.758. The van der Waals surface area contributed by atoms with E-state index in [4.69, 9.17) is 23.9 Å². The van der Waals surface area contributed by atoms with E-state index in [1.54, 1.807) is 21.3 Å². The topological polar surface area (TPSA) is 96.0 Å². The minimum atomic E-state index is -0.530. The molecule has 0 spiro atoms. The molecule has 0 fully saturated rings. The van der Waals surface area contributed by atoms with Crippen LogP contribution in [0, 0.1) is 0 Å². The summed E-state index contributed by atoms with van der Waals surface area (Å²) in [5.41, 5.74) is 4.56. The number of carbonyl (C=O) groups excluding carboxylic acids is 2. The Bertz CT molecular complexity index is 1320. The number of nitrogens with one attached hydrogen (secondary N) is 1. The Morgan fingerprint density at radius 3 is 2.36 bits per heavy atom. The van der Waals surface area contributed by atoms with Gasteiger partial charge in [-0.1, -0.05) is 18.2 Å². The molecular formula is C28H30N2O6. The van der Waals surface area contributed by atoms with Crippen molar-refractivity contribution in [3.8, 4) is 17.2 Å². The van der Waals surface area contributed by atoms with Gasteiger partial charge in [0.15, 0.2) is 18.1 Å². The number of amides is 1. The Kier molecular flexibility index (Phi) is 7.43. The maximum absolute atomic E-state index is 13.2. The Morgan fingerprint density at radius 1 is 1.03 bits per heavy atom. The molecule has 4 rings (SSSR count). The lowest BCUT2D eigenvalue weighted by Crippen LogP contribution is -2.34. The average Bonchev–Trinajstić information content (AvgIpc) is 3.26. The molecule has 1 aliphatic rings. The molecule has 0 atom stereocenters. The number of pyridine rings is 1. The van der Waals surface area contributed by atoms with E-state index in [0.29, 0.717) is 46.6 Å². The van der Waals surface area contributed by atoms with Gasteiger partial charge in [-0.15, -0.1) is 0 Å². The van der Waals surface area contributed by atoms with Crippen LogP contribution in [0.4, 0.5) is 0 Å². The van der Waals surface area contributed by atoms with E-state index >= 15 is 0 Å². The third-order valence-electron chi connectivity index (χ3n) is 5.96. The van der Waals surface area contributed by atoms with Gasteiger partial charge >= 0.3 is 5.97 Å². The average molecular weight is 491 g/mol. The molecule has 8 nitrogen and oxygen atoms in total. The van der Waals surface area contributed by atoms with Gasteiger partial charge in [0, 0.05) is 11.4 Å². The minimum Gasteiger partial charge on any atom is -0.493 e. The van der Waals surface area contributed by atoms with E-state index in [9.17, 15) is 9.59 Å². The highest BCUT2D eigenvalue weighted by atomic mass is 16.5. The summed E-state index contributed by atoms with van der Waals surface area (Å²) >= 11 is 0. The van der Waals surface area contributed by atoms with Crippen molar-refractivity contribution in [2.24, 2.45) is 0 Å². The van der Waals surface area contributed by atoms with Gasteiger partial charge in [-0.2, -0.15) is 0 Å². The first kappa shape index (κ1) is 25.0. The summed E-state index contributed by atoms with van der Waals surface area (Å²) < 4.78 is 21.8. The third kappa shape index (κ3) is 4.98. The lowest BCUT2D eigenvalue weighted by Gasteiger charge is -2.14. The molecule has 0 unspecified atom stereocenters. The van der Waals surface area contributed by atoms with Crippen molar-refractivity contribution in [3.63, 3.8) is 0 Å². The quantitative estimate of drug-likeness (QED) is 0.467. The first-order valence-electron chi connectivity index (χ1n) is 11.7. The summed E-state index contributed by atoms with van der Waals surface area (Å²) in [6.45, 7) is 3.37. The van der Waals surface area contributed by atoms with Crippen LogP contribution in [0.15, 0.2) is 36.4 Å². The maximum atomic E-state index is 13.2. The fourth-order valence-electron chi connectivity index (χ4n) is 4.46. The number of benzene rings is 2. The summed E-state index contributed by atoms with van der Waals surface area (Å²) in [7, 11) is 4.71. The number of aromatic nitrogens is 1. The molecule has 3 aromatic rings. The fraction of sp³-hybridized carbons (Fsp3) is 0.321. The van der Waals surface area contributed by atoms with Crippen LogP contribution in [0.5, 0.6) is 17.2 Å². The van der Waals surface area contributed by atoms with Crippen LogP contribution >= 0.6 is 0 Å². The largest absolute Gasteiger partial charge is 0.493 e. The van der Waals surface area contributed by atoms with E-state index in [2.05, 4.69) is 5.32 Å². The smallest absolute Gasteiger partial charge is 0.339 e. The van der Waals surface area contributed by atoms with Crippen LogP contribution in [0.1, 0.15) is 47.4 Å². The highest BCUT2D eigenvalue weighted by Gasteiger charge is 2.28. The second-order valence-electron chi connectivity index (χ2n) is 8.76. The minimum absolute atomic E-state index is 0.0369. The van der Waals surface area contributed by atoms with E-state index in [0.717, 1.165) is 22.4 Å². The van der Waals surface area contributed by atoms with Gasteiger partial charge in [0.1, 0.15) is 0 Å². The molecule has 0 aliphatic heterocycles. The Balaban J connectivity index is 1.76. The number of fused-ring (bicyclic) bond motifs is 2. The molecule has 1 aromatic heterocycles. The van der Waals surface area contributed by atoms with Crippen molar-refractivity contribution in [1.82, 2.24) is 10.3 Å². The highest BCUT2D eigenvalue weighted by Crippen LogP contribution is 2.41. The van der Waals surface area contributed by atoms with Crippen LogP contribution in [0.3, 0.4) is 0 Å². The SMILES string of the molecule is COc1cc(C=C2CCc3c2nc2ccccc2c3C(=O)OCC(=O)NC(C)C)cc(OC)c1OC. The molecular weight excluding hydrogens is 460 g/mol. The molecule has 36 heavy (non-hydrogen) atoms. The number of esters is 1. The number of allylic oxidation sites excluding steroid dienone is 1. The van der Waals surface area contributed by atoms with E-state index in [1.165, 1.54) is 0 Å². The Morgan fingerprint density at radius 2 is 1.72 bits per heavy atom. The lowest BCUT2D eigenvalue weighted by molar-refractivity contribution is -0.124. The van der Waals surface area contributed by atoms with Gasteiger partial charge in [0.25, 0.3) is 5.91 Å². The van der Waals surface area contributed by atoms with Crippen molar-refractivity contribution in [1.29, 1.82) is 0 Å². The number of hydrogen-bond acceptors (Lipinski definition) is 7. The van der Waals surface area contributed by atoms with E-state index in [-0.39, 0.29) is 18.6 Å². The summed E-state index contributed by atoms with van der Waals surface area (Å²) in [5, 5.41) is 3.44. The second kappa shape index (κ2) is 10.7. The van der Waals surface area contributed by atoms with Crippen molar-refractivity contribution < 1.29 is 28.5 Å². The monoisotopic (exact) mass is 490 g/mol. The fourth-order valence-corrected chi connectivity index (χ4v) is 4.46. The number of rotatable bonds is 8. The van der Waals surface area contributed by atoms with Crippen LogP contribution in [-0.4, -0.2) is 50.8 Å². The predicted octanol–water partition coefficient (Wildman–Crippen LogP) is 4.43. The van der Waals surface area contributed by atoms with Crippen LogP contribution in [0.2, 0.25) is 0 Å². The number of para-hydroxylation sites is 1. The van der Waals surface area contributed by atoms with E-state index < -0.39 is 5.97 Å². The Labute approximate surface area is 210 Å². The van der Waals surface area contributed by atoms with Crippen LogP contribution in [-0.2, 0) is 16.0 Å². The molecule has 1 amide bonds. The first-order valence-corrected chi connectivity index (χ1v) is 11.7. The second-order valence-corrected chi connectivity index (χ2v) is 8.76. The van der Waals surface area contributed by atoms with Crippen molar-refractivity contribution in [2.75, 3.05) is 27.9 Å². The number of carbonyl (C=O) groups is 2. The van der Waals surface area contributed by atoms with Gasteiger partial charge in [-0.25, -0.2) is 9.78 Å². The molecule has 2 aromatic carbocycles. The van der Waals surface area contributed by atoms with Gasteiger partial charge in [-0.3, -0.25) is 4.79 Å². The summed E-state index contributed by atoms with van der Waals surface area (Å²) in [6, 6.07) is 11.2. The molecule has 1 N–H and O–H groups in total. The lowest BCUT2D eigenvalue weighted by atomic mass is 10.0. The number of methoxy groups -OCH3 is 3. The molecule has 188 valence electrons. The van der Waals surface area contributed by atoms with Crippen molar-refractivity contribution >= 4 is 34.4 Å². The zero-order valence-corrected chi connectivity index (χ0v) is 21.1. The molecule has 0 saturated carbocycles. The number of hydrogen-bond donors (Lipinski definition) is 1. The van der Waals surface area contributed by atoms with Gasteiger partial charge in [0.05, 0.1) is 38.1 Å². The highest BCUT2D eigenvalue weighted by molar-refractivity contribution is 6.07. The maximum Gasteiger partial charge on any atom is 0.339 e. The normalized spacial score (nSPS) is 13.6. The number of ether oxygens (including phenoxy) is 4. The molecule has 1 aliphatic carbocycles. The number of nitrogens with zero attached hydrogens (tertiary/aromatic N) is 1. The summed E-state index contributed by atoms with van der Waals surface area (Å²) in [6.07, 6.45) is 3.35. The zero-order valence-electron chi connectivity index (χ0n) is 21.1. The molecule has 0 saturated heterocycles. The van der Waals surface area contributed by atoms with Gasteiger partial charge < -0.3 is 24.3 Å². The molecule has 1 heterocycles. The van der Waals surface area contributed by atoms with Gasteiger partial charge in [-0.05, 0) is 67.7 Å². The first-order chi connectivity index (χ1) is 17.4. The molecule has 0 bridgehead atoms. The van der Waals surface area contributed by atoms with Crippen LogP contribution in [0.25, 0.3) is 22.6 Å². The van der Waals surface area contributed by atoms with Gasteiger partial charge in [0.2, 0.25) is 5.75 Å². The van der Waals surface area contributed by atoms with E-state index in [1.807, 2.05) is 56.3 Å². The standard InChI is InChI=1S/C28H30N2O6/c1-16(2)29-24(31)15-36-28(32)25-19-8-6-7-9-21(19)30-26-18(10-11-20(25)26)12-17-13-22(33-3)27(35-5)23(14-17)34-4/h6-9,12-14,16H,10-11,15H2,1-5H3,(H,29,31).